The summed E-state index contributed by atoms with van der Waals surface area (Å²) >= 11 is 0. The lowest BCUT2D eigenvalue weighted by Crippen LogP contribution is -2.61. The second-order valence-corrected chi connectivity index (χ2v) is 7.60. The van der Waals surface area contributed by atoms with Crippen LogP contribution in [0.1, 0.15) is 44.1 Å². The molecule has 1 aromatic rings. The third-order valence-electron chi connectivity index (χ3n) is 6.40. The van der Waals surface area contributed by atoms with E-state index in [1.54, 1.807) is 7.11 Å². The Balaban J connectivity index is 1.67. The van der Waals surface area contributed by atoms with Crippen molar-refractivity contribution < 1.29 is 14.3 Å². The second-order valence-electron chi connectivity index (χ2n) is 7.60. The van der Waals surface area contributed by atoms with Gasteiger partial charge in [0.15, 0.2) is 0 Å². The molecule has 3 unspecified atom stereocenters. The number of fused-ring (bicyclic) bond motifs is 1. The van der Waals surface area contributed by atoms with E-state index in [-0.39, 0.29) is 17.7 Å². The van der Waals surface area contributed by atoms with Crippen LogP contribution in [0, 0.1) is 11.8 Å². The molecular formula is C20H27NO3. The van der Waals surface area contributed by atoms with Crippen LogP contribution in [0.3, 0.4) is 0 Å². The molecule has 0 spiro atoms. The lowest BCUT2D eigenvalue weighted by Gasteiger charge is -2.52. The third-order valence-corrected chi connectivity index (χ3v) is 6.40. The number of benzene rings is 1. The molecule has 0 aromatic heterocycles. The fourth-order valence-electron chi connectivity index (χ4n) is 5.11. The van der Waals surface area contributed by atoms with Crippen molar-refractivity contribution in [2.24, 2.45) is 11.8 Å². The molecule has 1 aliphatic heterocycles. The highest BCUT2D eigenvalue weighted by molar-refractivity contribution is 5.72. The molecule has 130 valence electrons. The van der Waals surface area contributed by atoms with Crippen LogP contribution in [0.4, 0.5) is 4.79 Å². The van der Waals surface area contributed by atoms with Crippen molar-refractivity contribution in [3.05, 3.63) is 35.9 Å². The van der Waals surface area contributed by atoms with Gasteiger partial charge in [-0.25, -0.2) is 4.79 Å². The quantitative estimate of drug-likeness (QED) is 0.820. The van der Waals surface area contributed by atoms with Crippen molar-refractivity contribution in [3.63, 3.8) is 0 Å². The maximum Gasteiger partial charge on any atom is 0.411 e. The molecule has 4 nitrogen and oxygen atoms in total. The number of ether oxygens (including phenoxy) is 2. The van der Waals surface area contributed by atoms with Gasteiger partial charge < -0.3 is 9.47 Å². The van der Waals surface area contributed by atoms with Gasteiger partial charge in [0.1, 0.15) is 6.10 Å². The molecule has 2 aliphatic carbocycles. The van der Waals surface area contributed by atoms with Crippen LogP contribution in [0.2, 0.25) is 0 Å². The summed E-state index contributed by atoms with van der Waals surface area (Å²) in [5.74, 6) is 0.909. The van der Waals surface area contributed by atoms with Crippen molar-refractivity contribution in [2.45, 2.75) is 56.7 Å². The maximum atomic E-state index is 12.8. The molecule has 0 N–H and O–H groups in total. The number of carbonyl (C=O) groups excluding carboxylic acids is 1. The molecule has 0 radical (unpaired) electrons. The van der Waals surface area contributed by atoms with Crippen molar-refractivity contribution in [2.75, 3.05) is 13.7 Å². The number of hydrogen-bond acceptors (Lipinski definition) is 3. The first kappa shape index (κ1) is 15.9. The number of methoxy groups -OCH3 is 1. The van der Waals surface area contributed by atoms with E-state index in [1.165, 1.54) is 24.8 Å². The topological polar surface area (TPSA) is 38.8 Å². The molecular weight excluding hydrogens is 302 g/mol. The number of hydrogen-bond donors (Lipinski definition) is 0. The Kier molecular flexibility index (Phi) is 4.25. The van der Waals surface area contributed by atoms with Crippen LogP contribution in [0.15, 0.2) is 30.3 Å². The van der Waals surface area contributed by atoms with Crippen LogP contribution in [0.5, 0.6) is 0 Å². The maximum absolute atomic E-state index is 12.8. The SMILES string of the molecule is COCC1CCCC2(C3CCC3)C1OC(=O)N2Cc1ccccc1. The average molecular weight is 329 g/mol. The first-order valence-corrected chi connectivity index (χ1v) is 9.27. The summed E-state index contributed by atoms with van der Waals surface area (Å²) in [7, 11) is 1.75. The smallest absolute Gasteiger partial charge is 0.411 e. The normalized spacial score (nSPS) is 33.0. The van der Waals surface area contributed by atoms with Gasteiger partial charge in [-0.3, -0.25) is 4.90 Å². The molecule has 1 saturated heterocycles. The van der Waals surface area contributed by atoms with Gasteiger partial charge in [-0.1, -0.05) is 43.2 Å². The minimum Gasteiger partial charge on any atom is -0.443 e. The predicted molar refractivity (Wildman–Crippen MR) is 91.5 cm³/mol. The molecule has 1 aromatic carbocycles. The fraction of sp³-hybridized carbons (Fsp3) is 0.650. The summed E-state index contributed by atoms with van der Waals surface area (Å²) in [6.45, 7) is 1.35. The van der Waals surface area contributed by atoms with Crippen molar-refractivity contribution in [1.29, 1.82) is 0 Å². The molecule has 4 heteroatoms. The lowest BCUT2D eigenvalue weighted by atomic mass is 9.60. The van der Waals surface area contributed by atoms with E-state index in [1.807, 2.05) is 18.2 Å². The Morgan fingerprint density at radius 3 is 2.67 bits per heavy atom. The molecule has 24 heavy (non-hydrogen) atoms. The summed E-state index contributed by atoms with van der Waals surface area (Å²) in [6.07, 6.45) is 6.91. The minimum atomic E-state index is -0.126. The minimum absolute atomic E-state index is 0.00675. The molecule has 3 atom stereocenters. The number of carbonyl (C=O) groups is 1. The summed E-state index contributed by atoms with van der Waals surface area (Å²) in [5, 5.41) is 0. The summed E-state index contributed by atoms with van der Waals surface area (Å²) in [6, 6.07) is 10.3. The fourth-order valence-corrected chi connectivity index (χ4v) is 5.11. The van der Waals surface area contributed by atoms with Crippen LogP contribution in [-0.2, 0) is 16.0 Å². The van der Waals surface area contributed by atoms with E-state index in [4.69, 9.17) is 9.47 Å². The van der Waals surface area contributed by atoms with Crippen LogP contribution >= 0.6 is 0 Å². The Morgan fingerprint density at radius 1 is 1.21 bits per heavy atom. The number of rotatable bonds is 5. The predicted octanol–water partition coefficient (Wildman–Crippen LogP) is 3.99. The highest BCUT2D eigenvalue weighted by atomic mass is 16.6. The van der Waals surface area contributed by atoms with Gasteiger partial charge in [0.25, 0.3) is 0 Å². The summed E-state index contributed by atoms with van der Waals surface area (Å²) < 4.78 is 11.4. The molecule has 4 rings (SSSR count). The number of nitrogens with zero attached hydrogens (tertiary/aromatic N) is 1. The van der Waals surface area contributed by atoms with Gasteiger partial charge in [0, 0.05) is 19.6 Å². The molecule has 1 amide bonds. The van der Waals surface area contributed by atoms with E-state index < -0.39 is 0 Å². The molecule has 0 bridgehead atoms. The van der Waals surface area contributed by atoms with Gasteiger partial charge in [-0.05, 0) is 37.2 Å². The molecule has 1 heterocycles. The monoisotopic (exact) mass is 329 g/mol. The summed E-state index contributed by atoms with van der Waals surface area (Å²) in [5.41, 5.74) is 1.06. The Hall–Kier alpha value is -1.55. The average Bonchev–Trinajstić information content (AvgIpc) is 2.81. The molecule has 2 saturated carbocycles. The first-order valence-electron chi connectivity index (χ1n) is 9.27. The first-order chi connectivity index (χ1) is 11.8. The van der Waals surface area contributed by atoms with Gasteiger partial charge in [-0.2, -0.15) is 0 Å². The summed E-state index contributed by atoms with van der Waals surface area (Å²) in [4.78, 5) is 14.9. The molecule has 3 aliphatic rings. The Morgan fingerprint density at radius 2 is 2.00 bits per heavy atom. The number of amides is 1. The zero-order valence-electron chi connectivity index (χ0n) is 14.4. The lowest BCUT2D eigenvalue weighted by molar-refractivity contribution is -0.0697. The van der Waals surface area contributed by atoms with Gasteiger partial charge in [0.05, 0.1) is 12.1 Å². The largest absolute Gasteiger partial charge is 0.443 e. The van der Waals surface area contributed by atoms with Crippen LogP contribution in [-0.4, -0.2) is 36.4 Å². The highest BCUT2D eigenvalue weighted by Gasteiger charge is 2.62. The van der Waals surface area contributed by atoms with Crippen LogP contribution < -0.4 is 0 Å². The van der Waals surface area contributed by atoms with Gasteiger partial charge in [0.2, 0.25) is 0 Å². The molecule has 3 fully saturated rings. The Bertz CT molecular complexity index is 584. The third kappa shape index (κ3) is 2.43. The van der Waals surface area contributed by atoms with Crippen molar-refractivity contribution in [3.8, 4) is 0 Å². The van der Waals surface area contributed by atoms with E-state index in [2.05, 4.69) is 17.0 Å². The van der Waals surface area contributed by atoms with Gasteiger partial charge in [-0.15, -0.1) is 0 Å². The van der Waals surface area contributed by atoms with E-state index >= 15 is 0 Å². The van der Waals surface area contributed by atoms with E-state index in [0.29, 0.717) is 25.0 Å². The van der Waals surface area contributed by atoms with Gasteiger partial charge >= 0.3 is 6.09 Å². The standard InChI is InChI=1S/C20H27NO3/c1-23-14-16-9-6-12-20(17-10-5-11-17)18(16)24-19(22)21(20)13-15-7-3-2-4-8-15/h2-4,7-8,16-18H,5-6,9-14H2,1H3. The zero-order chi connectivity index (χ0) is 16.6. The Labute approximate surface area is 144 Å². The zero-order valence-corrected chi connectivity index (χ0v) is 14.4. The van der Waals surface area contributed by atoms with Crippen molar-refractivity contribution >= 4 is 6.09 Å². The highest BCUT2D eigenvalue weighted by Crippen LogP contribution is 2.54. The second kappa shape index (κ2) is 6.40. The van der Waals surface area contributed by atoms with Crippen molar-refractivity contribution in [1.82, 2.24) is 4.90 Å². The van der Waals surface area contributed by atoms with E-state index in [9.17, 15) is 4.79 Å². The van der Waals surface area contributed by atoms with E-state index in [0.717, 1.165) is 19.3 Å². The van der Waals surface area contributed by atoms with Crippen LogP contribution in [0.25, 0.3) is 0 Å².